The van der Waals surface area contributed by atoms with Crippen molar-refractivity contribution in [1.29, 1.82) is 0 Å². The van der Waals surface area contributed by atoms with Crippen LogP contribution in [0.1, 0.15) is 64.8 Å². The fourth-order valence-corrected chi connectivity index (χ4v) is 2.77. The number of hydrogen-bond donors (Lipinski definition) is 1. The lowest BCUT2D eigenvalue weighted by molar-refractivity contribution is 0.478. The smallest absolute Gasteiger partial charge is 0.182 e. The molecule has 0 saturated heterocycles. The summed E-state index contributed by atoms with van der Waals surface area (Å²) in [7, 11) is 0. The fraction of sp³-hybridized carbons (Fsp3) is 0.474. The van der Waals surface area contributed by atoms with Crippen LogP contribution in [0.4, 0.5) is 0 Å². The molecule has 1 N–H and O–H groups in total. The van der Waals surface area contributed by atoms with Crippen LogP contribution in [0.2, 0.25) is 0 Å². The molecule has 4 nitrogen and oxygen atoms in total. The number of oxazole rings is 1. The largest absolute Gasteiger partial charge is 0.443 e. The number of rotatable bonds is 5. The summed E-state index contributed by atoms with van der Waals surface area (Å²) in [5.74, 6) is 1.47. The van der Waals surface area contributed by atoms with Gasteiger partial charge in [-0.25, -0.2) is 9.97 Å². The highest BCUT2D eigenvalue weighted by atomic mass is 16.3. The minimum Gasteiger partial charge on any atom is -0.443 e. The molecule has 1 aromatic carbocycles. The van der Waals surface area contributed by atoms with E-state index in [0.717, 1.165) is 41.0 Å². The van der Waals surface area contributed by atoms with Gasteiger partial charge in [-0.05, 0) is 24.3 Å². The van der Waals surface area contributed by atoms with Crippen LogP contribution < -0.4 is 0 Å². The van der Waals surface area contributed by atoms with E-state index in [9.17, 15) is 0 Å². The predicted octanol–water partition coefficient (Wildman–Crippen LogP) is 5.42. The maximum absolute atomic E-state index is 5.68. The summed E-state index contributed by atoms with van der Waals surface area (Å²) in [4.78, 5) is 12.5. The van der Waals surface area contributed by atoms with Crippen LogP contribution in [0.3, 0.4) is 0 Å². The van der Waals surface area contributed by atoms with Gasteiger partial charge in [0.15, 0.2) is 12.0 Å². The Balaban J connectivity index is 2.10. The van der Waals surface area contributed by atoms with Gasteiger partial charge in [-0.15, -0.1) is 0 Å². The lowest BCUT2D eigenvalue weighted by Crippen LogP contribution is -2.17. The zero-order chi connectivity index (χ0) is 16.6. The van der Waals surface area contributed by atoms with Crippen LogP contribution in [0.15, 0.2) is 29.1 Å². The minimum atomic E-state index is 0.0395. The highest BCUT2D eigenvalue weighted by Gasteiger charge is 2.23. The third kappa shape index (κ3) is 2.67. The first-order valence-electron chi connectivity index (χ1n) is 8.39. The number of H-pyrrole nitrogens is 1. The van der Waals surface area contributed by atoms with Crippen molar-refractivity contribution in [2.24, 2.45) is 0 Å². The van der Waals surface area contributed by atoms with Crippen molar-refractivity contribution in [2.45, 2.75) is 58.8 Å². The molecule has 4 heteroatoms. The molecule has 0 saturated carbocycles. The second-order valence-corrected chi connectivity index (χ2v) is 6.92. The van der Waals surface area contributed by atoms with E-state index >= 15 is 0 Å². The summed E-state index contributed by atoms with van der Waals surface area (Å²) in [6.45, 7) is 11.0. The Bertz CT molecular complexity index is 813. The molecule has 2 heterocycles. The molecule has 1 unspecified atom stereocenters. The topological polar surface area (TPSA) is 54.7 Å². The first-order valence-corrected chi connectivity index (χ1v) is 8.39. The Labute approximate surface area is 137 Å². The number of nitrogens with zero attached hydrogens (tertiary/aromatic N) is 2. The predicted molar refractivity (Wildman–Crippen MR) is 93.6 cm³/mol. The normalized spacial score (nSPS) is 13.6. The van der Waals surface area contributed by atoms with Gasteiger partial charge in [-0.1, -0.05) is 46.8 Å². The summed E-state index contributed by atoms with van der Waals surface area (Å²) in [5.41, 5.74) is 5.10. The minimum absolute atomic E-state index is 0.0395. The van der Waals surface area contributed by atoms with Crippen LogP contribution in [0.25, 0.3) is 22.4 Å². The number of nitrogens with one attached hydrogen (secondary N) is 1. The summed E-state index contributed by atoms with van der Waals surface area (Å²) >= 11 is 0. The lowest BCUT2D eigenvalue weighted by atomic mass is 9.89. The standard InChI is InChI=1S/C19H25N3O/c1-6-12(3)13-8-9-14(16-17(13)23-11-21-16)15-10-20-18(22-15)19(4,5)7-2/h8-12H,6-7H2,1-5H3,(H,20,22). The third-order valence-electron chi connectivity index (χ3n) is 5.05. The van der Waals surface area contributed by atoms with Crippen molar-refractivity contribution in [1.82, 2.24) is 15.0 Å². The maximum Gasteiger partial charge on any atom is 0.182 e. The van der Waals surface area contributed by atoms with Crippen LogP contribution in [0, 0.1) is 0 Å². The van der Waals surface area contributed by atoms with E-state index in [1.165, 1.54) is 12.0 Å². The van der Waals surface area contributed by atoms with E-state index < -0.39 is 0 Å². The molecule has 0 spiro atoms. The quantitative estimate of drug-likeness (QED) is 0.684. The Morgan fingerprint density at radius 3 is 2.70 bits per heavy atom. The molecule has 0 aliphatic carbocycles. The lowest BCUT2D eigenvalue weighted by Gasteiger charge is -2.19. The highest BCUT2D eigenvalue weighted by molar-refractivity contribution is 5.91. The summed E-state index contributed by atoms with van der Waals surface area (Å²) in [5, 5.41) is 0. The summed E-state index contributed by atoms with van der Waals surface area (Å²) in [6.07, 6.45) is 5.55. The summed E-state index contributed by atoms with van der Waals surface area (Å²) < 4.78 is 5.68. The molecular formula is C19H25N3O. The number of benzene rings is 1. The van der Waals surface area contributed by atoms with Crippen molar-refractivity contribution in [3.63, 3.8) is 0 Å². The molecule has 0 radical (unpaired) electrons. The summed E-state index contributed by atoms with van der Waals surface area (Å²) in [6, 6.07) is 4.28. The molecule has 0 aliphatic rings. The first-order chi connectivity index (χ1) is 11.0. The zero-order valence-corrected chi connectivity index (χ0v) is 14.6. The molecule has 3 aromatic rings. The molecule has 0 fully saturated rings. The Kier molecular flexibility index (Phi) is 4.00. The number of aromatic nitrogens is 3. The van der Waals surface area contributed by atoms with Crippen LogP contribution in [-0.2, 0) is 5.41 Å². The van der Waals surface area contributed by atoms with Crippen molar-refractivity contribution in [2.75, 3.05) is 0 Å². The van der Waals surface area contributed by atoms with Crippen molar-refractivity contribution >= 4 is 11.1 Å². The number of imidazole rings is 1. The fourth-order valence-electron chi connectivity index (χ4n) is 2.77. The number of aromatic amines is 1. The SMILES string of the molecule is CCC(C)c1ccc(-c2cnc(C(C)(C)CC)[nH]2)c2ncoc12. The van der Waals surface area contributed by atoms with E-state index in [4.69, 9.17) is 4.42 Å². The molecule has 2 aromatic heterocycles. The molecule has 3 rings (SSSR count). The molecular weight excluding hydrogens is 286 g/mol. The Morgan fingerprint density at radius 2 is 2.00 bits per heavy atom. The maximum atomic E-state index is 5.68. The van der Waals surface area contributed by atoms with Gasteiger partial charge in [0.05, 0.1) is 11.9 Å². The van der Waals surface area contributed by atoms with Crippen molar-refractivity contribution < 1.29 is 4.42 Å². The molecule has 0 amide bonds. The van der Waals surface area contributed by atoms with E-state index in [2.05, 4.69) is 61.7 Å². The van der Waals surface area contributed by atoms with Gasteiger partial charge in [0.25, 0.3) is 0 Å². The second-order valence-electron chi connectivity index (χ2n) is 6.92. The van der Waals surface area contributed by atoms with Crippen LogP contribution in [-0.4, -0.2) is 15.0 Å². The zero-order valence-electron chi connectivity index (χ0n) is 14.6. The average Bonchev–Trinajstić information content (AvgIpc) is 3.22. The highest BCUT2D eigenvalue weighted by Crippen LogP contribution is 2.34. The molecule has 0 bridgehead atoms. The molecule has 23 heavy (non-hydrogen) atoms. The van der Waals surface area contributed by atoms with E-state index in [-0.39, 0.29) is 5.41 Å². The van der Waals surface area contributed by atoms with Gasteiger partial charge in [-0.3, -0.25) is 0 Å². The monoisotopic (exact) mass is 311 g/mol. The molecule has 0 aliphatic heterocycles. The van der Waals surface area contributed by atoms with Crippen LogP contribution >= 0.6 is 0 Å². The van der Waals surface area contributed by atoms with Crippen LogP contribution in [0.5, 0.6) is 0 Å². The van der Waals surface area contributed by atoms with Gasteiger partial charge >= 0.3 is 0 Å². The molecule has 1 atom stereocenters. The number of fused-ring (bicyclic) bond motifs is 1. The third-order valence-corrected chi connectivity index (χ3v) is 5.05. The average molecular weight is 311 g/mol. The van der Waals surface area contributed by atoms with Gasteiger partial charge < -0.3 is 9.40 Å². The molecule has 122 valence electrons. The van der Waals surface area contributed by atoms with Gasteiger partial charge in [0, 0.05) is 11.0 Å². The van der Waals surface area contributed by atoms with E-state index in [1.807, 2.05) is 6.20 Å². The second kappa shape index (κ2) is 5.84. The van der Waals surface area contributed by atoms with E-state index in [0.29, 0.717) is 5.92 Å². The van der Waals surface area contributed by atoms with Crippen molar-refractivity contribution in [3.8, 4) is 11.3 Å². The van der Waals surface area contributed by atoms with Crippen molar-refractivity contribution in [3.05, 3.63) is 36.1 Å². The Morgan fingerprint density at radius 1 is 1.22 bits per heavy atom. The Hall–Kier alpha value is -2.10. The van der Waals surface area contributed by atoms with Gasteiger partial charge in [-0.2, -0.15) is 0 Å². The first kappa shape index (κ1) is 15.8. The van der Waals surface area contributed by atoms with E-state index in [1.54, 1.807) is 0 Å². The van der Waals surface area contributed by atoms with Gasteiger partial charge in [0.2, 0.25) is 0 Å². The number of hydrogen-bond acceptors (Lipinski definition) is 3. The van der Waals surface area contributed by atoms with Gasteiger partial charge in [0.1, 0.15) is 11.3 Å².